The molecule has 0 atom stereocenters. The van der Waals surface area contributed by atoms with Gasteiger partial charge in [0.15, 0.2) is 11.5 Å². The summed E-state index contributed by atoms with van der Waals surface area (Å²) in [6, 6.07) is 22.6. The van der Waals surface area contributed by atoms with Gasteiger partial charge in [-0.3, -0.25) is 0 Å². The normalized spacial score (nSPS) is 10.9. The number of hydrogen-bond acceptors (Lipinski definition) is 7. The number of anilines is 1. The fourth-order valence-electron chi connectivity index (χ4n) is 3.27. The van der Waals surface area contributed by atoms with E-state index < -0.39 is 0 Å². The smallest absolute Gasteiger partial charge is 0.244 e. The molecule has 0 bridgehead atoms. The summed E-state index contributed by atoms with van der Waals surface area (Å²) in [6.45, 7) is 2.04. The minimum absolute atomic E-state index is 0.142. The molecule has 1 heterocycles. The zero-order valence-corrected chi connectivity index (χ0v) is 18.6. The van der Waals surface area contributed by atoms with Crippen molar-refractivity contribution in [1.29, 1.82) is 0 Å². The molecule has 0 aliphatic heterocycles. The van der Waals surface area contributed by atoms with Crippen molar-refractivity contribution >= 4 is 12.2 Å². The van der Waals surface area contributed by atoms with Gasteiger partial charge in [-0.2, -0.15) is 5.10 Å². The van der Waals surface area contributed by atoms with Crippen molar-refractivity contribution in [3.63, 3.8) is 0 Å². The highest BCUT2D eigenvalue weighted by atomic mass is 16.5. The van der Waals surface area contributed by atoms with Crippen LogP contribution in [0.25, 0.3) is 22.5 Å². The molecule has 0 fully saturated rings. The Hall–Kier alpha value is -4.39. The van der Waals surface area contributed by atoms with E-state index in [0.717, 1.165) is 16.8 Å². The first kappa shape index (κ1) is 21.8. The summed E-state index contributed by atoms with van der Waals surface area (Å²) in [4.78, 5) is 9.27. The second-order valence-corrected chi connectivity index (χ2v) is 7.33. The molecule has 0 saturated heterocycles. The molecule has 2 N–H and O–H groups in total. The molecule has 7 nitrogen and oxygen atoms in total. The van der Waals surface area contributed by atoms with Crippen LogP contribution < -0.4 is 14.9 Å². The lowest BCUT2D eigenvalue weighted by atomic mass is 10.1. The zero-order chi connectivity index (χ0) is 23.2. The molecule has 33 heavy (non-hydrogen) atoms. The van der Waals surface area contributed by atoms with Crippen LogP contribution in [-0.2, 0) is 0 Å². The number of hydrogen-bond donors (Lipinski definition) is 2. The zero-order valence-electron chi connectivity index (χ0n) is 18.6. The summed E-state index contributed by atoms with van der Waals surface area (Å²) < 4.78 is 10.8. The van der Waals surface area contributed by atoms with Crippen molar-refractivity contribution < 1.29 is 14.6 Å². The Labute approximate surface area is 192 Å². The van der Waals surface area contributed by atoms with Gasteiger partial charge in [-0.25, -0.2) is 15.4 Å². The van der Waals surface area contributed by atoms with Gasteiger partial charge in [0.25, 0.3) is 0 Å². The summed E-state index contributed by atoms with van der Waals surface area (Å²) >= 11 is 0. The van der Waals surface area contributed by atoms with E-state index in [-0.39, 0.29) is 5.75 Å². The summed E-state index contributed by atoms with van der Waals surface area (Å²) in [5.74, 6) is 1.71. The Morgan fingerprint density at radius 3 is 2.18 bits per heavy atom. The molecule has 1 aromatic heterocycles. The first-order valence-corrected chi connectivity index (χ1v) is 10.3. The molecule has 0 unspecified atom stereocenters. The van der Waals surface area contributed by atoms with Crippen LogP contribution in [-0.4, -0.2) is 35.5 Å². The van der Waals surface area contributed by atoms with Crippen LogP contribution in [0.1, 0.15) is 11.1 Å². The van der Waals surface area contributed by atoms with E-state index >= 15 is 0 Å². The monoisotopic (exact) mass is 440 g/mol. The topological polar surface area (TPSA) is 88.9 Å². The number of ether oxygens (including phenoxy) is 2. The maximum Gasteiger partial charge on any atom is 0.244 e. The molecule has 3 aromatic carbocycles. The number of aromatic nitrogens is 2. The quantitative estimate of drug-likeness (QED) is 0.300. The van der Waals surface area contributed by atoms with E-state index in [2.05, 4.69) is 20.5 Å². The summed E-state index contributed by atoms with van der Waals surface area (Å²) in [7, 11) is 3.20. The molecule has 0 spiro atoms. The van der Waals surface area contributed by atoms with Gasteiger partial charge in [-0.15, -0.1) is 0 Å². The van der Waals surface area contributed by atoms with Crippen LogP contribution >= 0.6 is 0 Å². The van der Waals surface area contributed by atoms with Gasteiger partial charge < -0.3 is 14.6 Å². The van der Waals surface area contributed by atoms with Crippen LogP contribution in [0.2, 0.25) is 0 Å². The maximum atomic E-state index is 9.94. The molecular formula is C26H24N4O3. The lowest BCUT2D eigenvalue weighted by molar-refractivity contribution is 0.355. The van der Waals surface area contributed by atoms with Gasteiger partial charge in [-0.1, -0.05) is 42.0 Å². The third kappa shape index (κ3) is 5.10. The Morgan fingerprint density at radius 2 is 1.48 bits per heavy atom. The van der Waals surface area contributed by atoms with E-state index in [0.29, 0.717) is 28.7 Å². The highest BCUT2D eigenvalue weighted by molar-refractivity contribution is 5.83. The van der Waals surface area contributed by atoms with Crippen molar-refractivity contribution in [1.82, 2.24) is 9.97 Å². The number of benzene rings is 3. The Kier molecular flexibility index (Phi) is 6.50. The van der Waals surface area contributed by atoms with Crippen LogP contribution in [0.4, 0.5) is 5.95 Å². The molecule has 0 aliphatic rings. The van der Waals surface area contributed by atoms with Gasteiger partial charge in [-0.05, 0) is 43.3 Å². The van der Waals surface area contributed by atoms with Gasteiger partial charge in [0, 0.05) is 16.7 Å². The highest BCUT2D eigenvalue weighted by Crippen LogP contribution is 2.33. The molecule has 0 amide bonds. The number of phenolic OH excluding ortho intramolecular Hbond substituents is 1. The van der Waals surface area contributed by atoms with Gasteiger partial charge in [0.1, 0.15) is 5.75 Å². The predicted octanol–water partition coefficient (Wildman–Crippen LogP) is 5.29. The van der Waals surface area contributed by atoms with E-state index in [1.807, 2.05) is 61.5 Å². The maximum absolute atomic E-state index is 9.94. The number of hydrazone groups is 1. The average Bonchev–Trinajstić information content (AvgIpc) is 2.85. The fraction of sp³-hybridized carbons (Fsp3) is 0.115. The van der Waals surface area contributed by atoms with Crippen LogP contribution in [0.15, 0.2) is 77.9 Å². The number of para-hydroxylation sites is 1. The third-order valence-corrected chi connectivity index (χ3v) is 5.06. The van der Waals surface area contributed by atoms with E-state index in [1.165, 1.54) is 11.8 Å². The molecule has 7 heteroatoms. The van der Waals surface area contributed by atoms with Crippen molar-refractivity contribution in [3.8, 4) is 39.8 Å². The van der Waals surface area contributed by atoms with E-state index in [4.69, 9.17) is 9.47 Å². The first-order chi connectivity index (χ1) is 16.1. The van der Waals surface area contributed by atoms with E-state index in [9.17, 15) is 5.11 Å². The van der Waals surface area contributed by atoms with Gasteiger partial charge >= 0.3 is 0 Å². The molecule has 4 rings (SSSR count). The lowest BCUT2D eigenvalue weighted by Gasteiger charge is -2.11. The molecule has 0 saturated carbocycles. The molecule has 0 aliphatic carbocycles. The van der Waals surface area contributed by atoms with Crippen molar-refractivity contribution in [3.05, 3.63) is 83.9 Å². The Bertz CT molecular complexity index is 1290. The first-order valence-electron chi connectivity index (χ1n) is 10.3. The number of aromatic hydroxyl groups is 1. The number of methoxy groups -OCH3 is 2. The largest absolute Gasteiger partial charge is 0.507 e. The minimum Gasteiger partial charge on any atom is -0.507 e. The van der Waals surface area contributed by atoms with Crippen molar-refractivity contribution in [2.24, 2.45) is 5.10 Å². The van der Waals surface area contributed by atoms with Gasteiger partial charge in [0.05, 0.1) is 31.8 Å². The molecule has 166 valence electrons. The second kappa shape index (κ2) is 9.82. The van der Waals surface area contributed by atoms with Gasteiger partial charge in [0.2, 0.25) is 5.95 Å². The summed E-state index contributed by atoms with van der Waals surface area (Å²) in [5, 5.41) is 14.1. The number of aryl methyl sites for hydroxylation is 1. The predicted molar refractivity (Wildman–Crippen MR) is 130 cm³/mol. The summed E-state index contributed by atoms with van der Waals surface area (Å²) in [6.07, 6.45) is 1.52. The number of phenols is 1. The van der Waals surface area contributed by atoms with Crippen molar-refractivity contribution in [2.75, 3.05) is 19.6 Å². The molecule has 4 aromatic rings. The molecular weight excluding hydrogens is 416 g/mol. The lowest BCUT2D eigenvalue weighted by Crippen LogP contribution is -2.01. The third-order valence-electron chi connectivity index (χ3n) is 5.06. The van der Waals surface area contributed by atoms with Crippen LogP contribution in [0.3, 0.4) is 0 Å². The van der Waals surface area contributed by atoms with E-state index in [1.54, 1.807) is 32.4 Å². The minimum atomic E-state index is 0.142. The standard InChI is InChI=1S/C26H24N4O3/c1-17-8-10-18(11-9-17)21-15-22(19-12-13-24(32-2)25(14-19)33-3)29-26(28-21)30-27-16-20-6-4-5-7-23(20)31/h4-16,31H,1-3H3,(H,28,29,30)/b27-16-. The highest BCUT2D eigenvalue weighted by Gasteiger charge is 2.12. The van der Waals surface area contributed by atoms with Crippen LogP contribution in [0, 0.1) is 6.92 Å². The summed E-state index contributed by atoms with van der Waals surface area (Å²) in [5.41, 5.74) is 7.87. The number of nitrogens with zero attached hydrogens (tertiary/aromatic N) is 3. The van der Waals surface area contributed by atoms with Crippen molar-refractivity contribution in [2.45, 2.75) is 6.92 Å². The number of rotatable bonds is 7. The Morgan fingerprint density at radius 1 is 0.818 bits per heavy atom. The number of nitrogens with one attached hydrogen (secondary N) is 1. The fourth-order valence-corrected chi connectivity index (χ4v) is 3.27. The average molecular weight is 441 g/mol. The van der Waals surface area contributed by atoms with Crippen LogP contribution in [0.5, 0.6) is 17.2 Å². The molecule has 0 radical (unpaired) electrons. The Balaban J connectivity index is 1.74. The second-order valence-electron chi connectivity index (χ2n) is 7.33. The SMILES string of the molecule is COc1ccc(-c2cc(-c3ccc(C)cc3)nc(N/N=C\c3ccccc3O)n2)cc1OC.